The number of nitrogens with zero attached hydrogens (tertiary/aromatic N) is 1. The van der Waals surface area contributed by atoms with Crippen molar-refractivity contribution >= 4 is 28.9 Å². The van der Waals surface area contributed by atoms with Gasteiger partial charge in [-0.1, -0.05) is 23.2 Å². The van der Waals surface area contributed by atoms with Crippen molar-refractivity contribution in [2.24, 2.45) is 0 Å². The van der Waals surface area contributed by atoms with Crippen LogP contribution in [0.5, 0.6) is 11.5 Å². The molecule has 0 aliphatic carbocycles. The maximum absolute atomic E-state index is 13.6. The van der Waals surface area contributed by atoms with Gasteiger partial charge in [0.1, 0.15) is 5.75 Å². The Balaban J connectivity index is 2.30. The van der Waals surface area contributed by atoms with Crippen molar-refractivity contribution < 1.29 is 14.1 Å². The van der Waals surface area contributed by atoms with Crippen LogP contribution in [0.3, 0.4) is 0 Å². The van der Waals surface area contributed by atoms with Gasteiger partial charge in [0.05, 0.1) is 11.0 Å². The highest BCUT2D eigenvalue weighted by Gasteiger charge is 2.12. The Morgan fingerprint density at radius 3 is 2.26 bits per heavy atom. The molecule has 0 fully saturated rings. The van der Waals surface area contributed by atoms with Gasteiger partial charge in [0, 0.05) is 16.1 Å². The molecule has 0 saturated heterocycles. The van der Waals surface area contributed by atoms with E-state index in [1.807, 2.05) is 0 Å². The van der Waals surface area contributed by atoms with Crippen LogP contribution in [0.15, 0.2) is 36.4 Å². The van der Waals surface area contributed by atoms with Gasteiger partial charge in [0.25, 0.3) is 5.69 Å². The van der Waals surface area contributed by atoms with Crippen LogP contribution < -0.4 is 4.74 Å². The number of hydrogen-bond donors (Lipinski definition) is 0. The summed E-state index contributed by atoms with van der Waals surface area (Å²) in [6.45, 7) is 0. The number of benzene rings is 2. The lowest BCUT2D eigenvalue weighted by molar-refractivity contribution is -0.385. The van der Waals surface area contributed by atoms with Crippen LogP contribution in [0.25, 0.3) is 0 Å². The van der Waals surface area contributed by atoms with Crippen LogP contribution in [-0.2, 0) is 0 Å². The summed E-state index contributed by atoms with van der Waals surface area (Å²) in [4.78, 5) is 9.78. The molecule has 98 valence electrons. The molecule has 4 nitrogen and oxygen atoms in total. The molecule has 19 heavy (non-hydrogen) atoms. The van der Waals surface area contributed by atoms with Crippen molar-refractivity contribution in [1.29, 1.82) is 0 Å². The molecule has 0 aliphatic heterocycles. The first kappa shape index (κ1) is 13.6. The van der Waals surface area contributed by atoms with Crippen molar-refractivity contribution in [1.82, 2.24) is 0 Å². The van der Waals surface area contributed by atoms with Gasteiger partial charge in [0.15, 0.2) is 11.6 Å². The number of halogens is 3. The molecule has 0 aromatic heterocycles. The molecule has 2 aromatic carbocycles. The number of nitro benzene ring substituents is 1. The summed E-state index contributed by atoms with van der Waals surface area (Å²) in [5, 5.41) is 11.2. The lowest BCUT2D eigenvalue weighted by Gasteiger charge is -2.07. The Kier molecular flexibility index (Phi) is 3.87. The third-order valence-electron chi connectivity index (χ3n) is 2.19. The van der Waals surface area contributed by atoms with Gasteiger partial charge in [-0.15, -0.1) is 0 Å². The fourth-order valence-corrected chi connectivity index (χ4v) is 1.91. The van der Waals surface area contributed by atoms with E-state index in [0.717, 1.165) is 12.1 Å². The third-order valence-corrected chi connectivity index (χ3v) is 2.63. The standard InChI is InChI=1S/C12H6Cl2FNO3/c13-7-3-8(14)5-10(4-7)19-12-2-1-9(16(17)18)6-11(12)15/h1-6H. The van der Waals surface area contributed by atoms with Crippen LogP contribution >= 0.6 is 23.2 Å². The molecule has 0 atom stereocenters. The fraction of sp³-hybridized carbons (Fsp3) is 0. The van der Waals surface area contributed by atoms with Crippen molar-refractivity contribution in [2.45, 2.75) is 0 Å². The highest BCUT2D eigenvalue weighted by molar-refractivity contribution is 6.34. The Morgan fingerprint density at radius 1 is 1.11 bits per heavy atom. The largest absolute Gasteiger partial charge is 0.454 e. The van der Waals surface area contributed by atoms with Crippen molar-refractivity contribution in [3.8, 4) is 11.5 Å². The minimum absolute atomic E-state index is 0.149. The lowest BCUT2D eigenvalue weighted by atomic mass is 10.3. The smallest absolute Gasteiger partial charge is 0.272 e. The number of ether oxygens (including phenoxy) is 1. The Labute approximate surface area is 117 Å². The first-order valence-electron chi connectivity index (χ1n) is 5.03. The number of hydrogen-bond acceptors (Lipinski definition) is 3. The molecule has 7 heteroatoms. The summed E-state index contributed by atoms with van der Waals surface area (Å²) >= 11 is 11.6. The third kappa shape index (κ3) is 3.33. The second-order valence-corrected chi connectivity index (χ2v) is 4.45. The van der Waals surface area contributed by atoms with Crippen molar-refractivity contribution in [3.05, 3.63) is 62.4 Å². The van der Waals surface area contributed by atoms with Gasteiger partial charge in [0.2, 0.25) is 0 Å². The van der Waals surface area contributed by atoms with E-state index in [1.165, 1.54) is 24.3 Å². The molecule has 0 heterocycles. The lowest BCUT2D eigenvalue weighted by Crippen LogP contribution is -1.92. The monoisotopic (exact) mass is 301 g/mol. The zero-order valence-electron chi connectivity index (χ0n) is 9.27. The summed E-state index contributed by atoms with van der Waals surface area (Å²) in [6.07, 6.45) is 0. The number of nitro groups is 1. The maximum atomic E-state index is 13.6. The minimum Gasteiger partial charge on any atom is -0.454 e. The molecular formula is C12H6Cl2FNO3. The molecule has 0 amide bonds. The first-order valence-corrected chi connectivity index (χ1v) is 5.79. The van der Waals surface area contributed by atoms with Crippen LogP contribution in [0.4, 0.5) is 10.1 Å². The van der Waals surface area contributed by atoms with E-state index < -0.39 is 10.7 Å². The van der Waals surface area contributed by atoms with Crippen molar-refractivity contribution in [3.63, 3.8) is 0 Å². The van der Waals surface area contributed by atoms with E-state index in [0.29, 0.717) is 10.0 Å². The second kappa shape index (κ2) is 5.42. The predicted octanol–water partition coefficient (Wildman–Crippen LogP) is 4.83. The van der Waals surface area contributed by atoms with Crippen molar-refractivity contribution in [2.75, 3.05) is 0 Å². The molecule has 0 radical (unpaired) electrons. The maximum Gasteiger partial charge on any atom is 0.272 e. The van der Waals surface area contributed by atoms with Gasteiger partial charge in [-0.25, -0.2) is 4.39 Å². The van der Waals surface area contributed by atoms with E-state index in [9.17, 15) is 14.5 Å². The number of rotatable bonds is 3. The molecule has 0 unspecified atom stereocenters. The molecule has 0 saturated carbocycles. The van der Waals surface area contributed by atoms with Crippen LogP contribution in [0.2, 0.25) is 10.0 Å². The Bertz CT molecular complexity index is 629. The Hall–Kier alpha value is -1.85. The van der Waals surface area contributed by atoms with Gasteiger partial charge in [-0.3, -0.25) is 10.1 Å². The summed E-state index contributed by atoms with van der Waals surface area (Å²) in [5.74, 6) is -0.750. The number of non-ortho nitro benzene ring substituents is 1. The molecular weight excluding hydrogens is 296 g/mol. The van der Waals surface area contributed by atoms with E-state index in [2.05, 4.69) is 0 Å². The normalized spacial score (nSPS) is 10.3. The van der Waals surface area contributed by atoms with Crippen LogP contribution in [0.1, 0.15) is 0 Å². The zero-order chi connectivity index (χ0) is 14.0. The highest BCUT2D eigenvalue weighted by atomic mass is 35.5. The SMILES string of the molecule is O=[N+]([O-])c1ccc(Oc2cc(Cl)cc(Cl)c2)c(F)c1. The highest BCUT2D eigenvalue weighted by Crippen LogP contribution is 2.31. The minimum atomic E-state index is -0.842. The zero-order valence-corrected chi connectivity index (χ0v) is 10.8. The molecule has 2 aromatic rings. The summed E-state index contributed by atoms with van der Waals surface area (Å²) in [7, 11) is 0. The summed E-state index contributed by atoms with van der Waals surface area (Å²) < 4.78 is 18.8. The predicted molar refractivity (Wildman–Crippen MR) is 69.6 cm³/mol. The summed E-state index contributed by atoms with van der Waals surface area (Å²) in [6, 6.07) is 7.50. The topological polar surface area (TPSA) is 52.4 Å². The second-order valence-electron chi connectivity index (χ2n) is 3.58. The van der Waals surface area contributed by atoms with E-state index >= 15 is 0 Å². The van der Waals surface area contributed by atoms with E-state index in [-0.39, 0.29) is 17.2 Å². The van der Waals surface area contributed by atoms with E-state index in [4.69, 9.17) is 27.9 Å². The molecule has 0 bridgehead atoms. The van der Waals surface area contributed by atoms with Gasteiger partial charge < -0.3 is 4.74 Å². The quantitative estimate of drug-likeness (QED) is 0.602. The Morgan fingerprint density at radius 2 is 1.74 bits per heavy atom. The average Bonchev–Trinajstić information content (AvgIpc) is 2.30. The molecule has 0 spiro atoms. The van der Waals surface area contributed by atoms with E-state index in [1.54, 1.807) is 0 Å². The van der Waals surface area contributed by atoms with Gasteiger partial charge in [-0.2, -0.15) is 0 Å². The molecule has 0 aliphatic rings. The molecule has 0 N–H and O–H groups in total. The van der Waals surface area contributed by atoms with Gasteiger partial charge in [-0.05, 0) is 24.3 Å². The first-order chi connectivity index (χ1) is 8.95. The summed E-state index contributed by atoms with van der Waals surface area (Å²) in [5.41, 5.74) is -0.353. The van der Waals surface area contributed by atoms with Crippen LogP contribution in [0, 0.1) is 15.9 Å². The average molecular weight is 302 g/mol. The fourth-order valence-electron chi connectivity index (χ4n) is 1.40. The van der Waals surface area contributed by atoms with Crippen LogP contribution in [-0.4, -0.2) is 4.92 Å². The van der Waals surface area contributed by atoms with Gasteiger partial charge >= 0.3 is 0 Å². The molecule has 2 rings (SSSR count).